The third-order valence-electron chi connectivity index (χ3n) is 5.83. The van der Waals surface area contributed by atoms with Gasteiger partial charge in [-0.25, -0.2) is 0 Å². The molecule has 1 aromatic rings. The van der Waals surface area contributed by atoms with E-state index in [1.54, 1.807) is 0 Å². The highest BCUT2D eigenvalue weighted by Gasteiger charge is 2.67. The Bertz CT molecular complexity index is 436. The summed E-state index contributed by atoms with van der Waals surface area (Å²) in [4.78, 5) is 0. The molecule has 98 valence electrons. The van der Waals surface area contributed by atoms with Crippen molar-refractivity contribution in [1.82, 2.24) is 5.32 Å². The molecule has 3 aliphatic carbocycles. The predicted octanol–water partition coefficient (Wildman–Crippen LogP) is 3.39. The lowest BCUT2D eigenvalue weighted by molar-refractivity contribution is 0.330. The molecule has 0 radical (unpaired) electrons. The van der Waals surface area contributed by atoms with Gasteiger partial charge in [0.05, 0.1) is 6.04 Å². The van der Waals surface area contributed by atoms with E-state index in [9.17, 15) is 0 Å². The summed E-state index contributed by atoms with van der Waals surface area (Å²) in [7, 11) is 2.09. The number of hydrogen-bond donors (Lipinski definition) is 1. The first-order valence-corrected chi connectivity index (χ1v) is 7.59. The van der Waals surface area contributed by atoms with Crippen molar-refractivity contribution in [3.63, 3.8) is 0 Å². The minimum atomic E-state index is 0.462. The van der Waals surface area contributed by atoms with Crippen molar-refractivity contribution in [2.75, 3.05) is 7.05 Å². The van der Waals surface area contributed by atoms with Crippen LogP contribution in [0.25, 0.3) is 0 Å². The topological polar surface area (TPSA) is 25.2 Å². The van der Waals surface area contributed by atoms with Crippen LogP contribution in [0.4, 0.5) is 0 Å². The van der Waals surface area contributed by atoms with E-state index >= 15 is 0 Å². The summed E-state index contributed by atoms with van der Waals surface area (Å²) in [6, 6.07) is 4.80. The molecule has 5 atom stereocenters. The van der Waals surface area contributed by atoms with E-state index in [2.05, 4.69) is 31.4 Å². The van der Waals surface area contributed by atoms with E-state index in [1.807, 2.05) is 0 Å². The maximum Gasteiger partial charge on any atom is 0.121 e. The predicted molar refractivity (Wildman–Crippen MR) is 71.2 cm³/mol. The van der Waals surface area contributed by atoms with E-state index in [4.69, 9.17) is 4.42 Å². The van der Waals surface area contributed by atoms with Gasteiger partial charge in [0.15, 0.2) is 0 Å². The Morgan fingerprint density at radius 1 is 1.28 bits per heavy atom. The van der Waals surface area contributed by atoms with Crippen molar-refractivity contribution in [3.05, 3.63) is 23.7 Å². The van der Waals surface area contributed by atoms with E-state index < -0.39 is 0 Å². The Labute approximate surface area is 109 Å². The molecule has 0 spiro atoms. The number of rotatable bonds is 4. The molecule has 0 aromatic carbocycles. The quantitative estimate of drug-likeness (QED) is 0.879. The fourth-order valence-electron chi connectivity index (χ4n) is 5.11. The molecule has 3 saturated carbocycles. The highest BCUT2D eigenvalue weighted by molar-refractivity contribution is 5.21. The van der Waals surface area contributed by atoms with Crippen LogP contribution in [0.3, 0.4) is 0 Å². The Hall–Kier alpha value is -0.760. The molecular weight excluding hydrogens is 222 g/mol. The van der Waals surface area contributed by atoms with Crippen molar-refractivity contribution in [2.24, 2.45) is 29.6 Å². The first-order chi connectivity index (χ1) is 8.83. The standard InChI is InChI=1S/C16H23NO/c1-3-11-6-7-12(18-11)16(17-2)15-13-9-4-5-10(8-9)14(13)15/h6-7,9-10,13-17H,3-5,8H2,1-2H3. The van der Waals surface area contributed by atoms with Crippen molar-refractivity contribution in [3.8, 4) is 0 Å². The summed E-state index contributed by atoms with van der Waals surface area (Å²) in [5, 5.41) is 3.52. The monoisotopic (exact) mass is 245 g/mol. The fraction of sp³-hybridized carbons (Fsp3) is 0.750. The van der Waals surface area contributed by atoms with Crippen LogP contribution in [0.15, 0.2) is 16.5 Å². The molecule has 0 saturated heterocycles. The van der Waals surface area contributed by atoms with Gasteiger partial charge in [-0.3, -0.25) is 0 Å². The molecule has 1 N–H and O–H groups in total. The highest BCUT2D eigenvalue weighted by atomic mass is 16.3. The van der Waals surface area contributed by atoms with E-state index in [1.165, 1.54) is 25.0 Å². The molecule has 1 heterocycles. The smallest absolute Gasteiger partial charge is 0.121 e. The van der Waals surface area contributed by atoms with Gasteiger partial charge in [0.25, 0.3) is 0 Å². The van der Waals surface area contributed by atoms with Gasteiger partial charge in [-0.2, -0.15) is 0 Å². The Morgan fingerprint density at radius 2 is 2.00 bits per heavy atom. The Morgan fingerprint density at radius 3 is 2.56 bits per heavy atom. The van der Waals surface area contributed by atoms with Crippen molar-refractivity contribution in [2.45, 2.75) is 38.6 Å². The van der Waals surface area contributed by atoms with Gasteiger partial charge in [-0.1, -0.05) is 6.92 Å². The van der Waals surface area contributed by atoms with Crippen LogP contribution >= 0.6 is 0 Å². The maximum absolute atomic E-state index is 5.98. The van der Waals surface area contributed by atoms with Crippen LogP contribution in [0.5, 0.6) is 0 Å². The zero-order valence-corrected chi connectivity index (χ0v) is 11.4. The molecule has 0 amide bonds. The number of nitrogens with one attached hydrogen (secondary N) is 1. The first-order valence-electron chi connectivity index (χ1n) is 7.59. The summed E-state index contributed by atoms with van der Waals surface area (Å²) in [6.07, 6.45) is 5.52. The molecule has 2 bridgehead atoms. The Balaban J connectivity index is 1.56. The van der Waals surface area contributed by atoms with Gasteiger partial charge in [0, 0.05) is 6.42 Å². The zero-order valence-electron chi connectivity index (χ0n) is 11.4. The molecule has 1 aromatic heterocycles. The second-order valence-electron chi connectivity index (χ2n) is 6.49. The van der Waals surface area contributed by atoms with Crippen LogP contribution in [0, 0.1) is 29.6 Å². The molecule has 3 fully saturated rings. The highest BCUT2D eigenvalue weighted by Crippen LogP contribution is 2.72. The second-order valence-corrected chi connectivity index (χ2v) is 6.49. The first kappa shape index (κ1) is 11.1. The Kier molecular flexibility index (Phi) is 2.38. The van der Waals surface area contributed by atoms with Crippen molar-refractivity contribution >= 4 is 0 Å². The number of hydrogen-bond acceptors (Lipinski definition) is 2. The molecule has 2 heteroatoms. The maximum atomic E-state index is 5.98. The fourth-order valence-corrected chi connectivity index (χ4v) is 5.11. The number of furan rings is 1. The minimum absolute atomic E-state index is 0.462. The van der Waals surface area contributed by atoms with E-state index in [-0.39, 0.29) is 0 Å². The van der Waals surface area contributed by atoms with Crippen LogP contribution < -0.4 is 5.32 Å². The molecule has 18 heavy (non-hydrogen) atoms. The van der Waals surface area contributed by atoms with Crippen molar-refractivity contribution < 1.29 is 4.42 Å². The normalized spacial score (nSPS) is 42.0. The summed E-state index contributed by atoms with van der Waals surface area (Å²) < 4.78 is 5.98. The van der Waals surface area contributed by atoms with Crippen LogP contribution in [-0.4, -0.2) is 7.05 Å². The summed E-state index contributed by atoms with van der Waals surface area (Å²) >= 11 is 0. The largest absolute Gasteiger partial charge is 0.464 e. The lowest BCUT2D eigenvalue weighted by Gasteiger charge is -2.17. The number of aryl methyl sites for hydroxylation is 1. The SMILES string of the molecule is CCc1ccc(C(NC)C2C3C4CCC(C4)C32)o1. The minimum Gasteiger partial charge on any atom is -0.464 e. The molecule has 2 nitrogen and oxygen atoms in total. The van der Waals surface area contributed by atoms with Gasteiger partial charge in [0.2, 0.25) is 0 Å². The van der Waals surface area contributed by atoms with Gasteiger partial charge in [-0.05, 0) is 68.0 Å². The lowest BCUT2D eigenvalue weighted by atomic mass is 9.96. The van der Waals surface area contributed by atoms with Crippen molar-refractivity contribution in [1.29, 1.82) is 0 Å². The second kappa shape index (κ2) is 3.86. The lowest BCUT2D eigenvalue weighted by Crippen LogP contribution is -2.21. The molecule has 3 aliphatic rings. The summed E-state index contributed by atoms with van der Waals surface area (Å²) in [5.74, 6) is 7.26. The van der Waals surface area contributed by atoms with Crippen LogP contribution in [-0.2, 0) is 6.42 Å². The molecular formula is C16H23NO. The van der Waals surface area contributed by atoms with E-state index in [0.717, 1.165) is 41.8 Å². The van der Waals surface area contributed by atoms with Crippen LogP contribution in [0.1, 0.15) is 43.7 Å². The summed E-state index contributed by atoms with van der Waals surface area (Å²) in [5.41, 5.74) is 0. The third-order valence-corrected chi connectivity index (χ3v) is 5.83. The third kappa shape index (κ3) is 1.38. The summed E-state index contributed by atoms with van der Waals surface area (Å²) in [6.45, 7) is 2.16. The van der Waals surface area contributed by atoms with E-state index in [0.29, 0.717) is 6.04 Å². The van der Waals surface area contributed by atoms with Crippen LogP contribution in [0.2, 0.25) is 0 Å². The van der Waals surface area contributed by atoms with Gasteiger partial charge >= 0.3 is 0 Å². The number of fused-ring (bicyclic) bond motifs is 5. The molecule has 5 unspecified atom stereocenters. The molecule has 4 rings (SSSR count). The average Bonchev–Trinajstić information content (AvgIpc) is 2.81. The van der Waals surface area contributed by atoms with Gasteiger partial charge in [-0.15, -0.1) is 0 Å². The van der Waals surface area contributed by atoms with Gasteiger partial charge in [0.1, 0.15) is 11.5 Å². The zero-order chi connectivity index (χ0) is 12.3. The van der Waals surface area contributed by atoms with Gasteiger partial charge < -0.3 is 9.73 Å². The molecule has 0 aliphatic heterocycles. The average molecular weight is 245 g/mol.